The molecule has 2 fully saturated rings. The second kappa shape index (κ2) is 7.00. The van der Waals surface area contributed by atoms with Crippen molar-refractivity contribution in [1.29, 1.82) is 0 Å². The lowest BCUT2D eigenvalue weighted by Gasteiger charge is -2.23. The van der Waals surface area contributed by atoms with E-state index in [-0.39, 0.29) is 5.91 Å². The minimum Gasteiger partial charge on any atom is -0.310 e. The Hall–Kier alpha value is -2.15. The van der Waals surface area contributed by atoms with Gasteiger partial charge in [0.2, 0.25) is 5.91 Å². The summed E-state index contributed by atoms with van der Waals surface area (Å²) in [6, 6.07) is 2.62. The monoisotopic (exact) mass is 342 g/mol. The summed E-state index contributed by atoms with van der Waals surface area (Å²) in [4.78, 5) is 14.9. The number of amides is 1. The largest absolute Gasteiger partial charge is 0.310 e. The van der Waals surface area contributed by atoms with Crippen LogP contribution in [-0.4, -0.2) is 43.5 Å². The van der Waals surface area contributed by atoms with Crippen molar-refractivity contribution in [2.75, 3.05) is 18.4 Å². The summed E-state index contributed by atoms with van der Waals surface area (Å²) in [5.74, 6) is 0.865. The van der Waals surface area contributed by atoms with Crippen LogP contribution >= 0.6 is 0 Å². The van der Waals surface area contributed by atoms with Crippen LogP contribution in [0.25, 0.3) is 0 Å². The molecule has 0 spiro atoms. The molecule has 7 nitrogen and oxygen atoms in total. The van der Waals surface area contributed by atoms with Gasteiger partial charge < -0.3 is 5.32 Å². The van der Waals surface area contributed by atoms with Crippen molar-refractivity contribution in [2.45, 2.75) is 50.6 Å². The second-order valence-electron chi connectivity index (χ2n) is 7.22. The summed E-state index contributed by atoms with van der Waals surface area (Å²) in [6.07, 6.45) is 12.7. The topological polar surface area (TPSA) is 68.0 Å². The molecule has 3 heterocycles. The van der Waals surface area contributed by atoms with E-state index in [0.717, 1.165) is 38.0 Å². The first-order chi connectivity index (χ1) is 12.2. The number of aryl methyl sites for hydroxylation is 1. The zero-order chi connectivity index (χ0) is 17.2. The van der Waals surface area contributed by atoms with Gasteiger partial charge in [-0.25, -0.2) is 4.68 Å². The minimum atomic E-state index is 0.0375. The number of anilines is 1. The van der Waals surface area contributed by atoms with E-state index in [9.17, 15) is 4.79 Å². The number of nitrogens with one attached hydrogen (secondary N) is 1. The highest BCUT2D eigenvalue weighted by molar-refractivity contribution is 5.91. The highest BCUT2D eigenvalue weighted by Crippen LogP contribution is 2.32. The maximum Gasteiger partial charge on any atom is 0.239 e. The predicted molar refractivity (Wildman–Crippen MR) is 95.1 cm³/mol. The second-order valence-corrected chi connectivity index (χ2v) is 7.22. The first-order valence-corrected chi connectivity index (χ1v) is 9.26. The first kappa shape index (κ1) is 16.3. The third kappa shape index (κ3) is 3.46. The molecule has 0 aromatic carbocycles. The van der Waals surface area contributed by atoms with Gasteiger partial charge in [-0.05, 0) is 32.2 Å². The maximum absolute atomic E-state index is 12.6. The highest BCUT2D eigenvalue weighted by atomic mass is 16.2. The van der Waals surface area contributed by atoms with Gasteiger partial charge in [-0.2, -0.15) is 10.2 Å². The van der Waals surface area contributed by atoms with Gasteiger partial charge in [0.25, 0.3) is 0 Å². The Morgan fingerprint density at radius 2 is 2.08 bits per heavy atom. The number of rotatable bonds is 5. The van der Waals surface area contributed by atoms with Crippen molar-refractivity contribution in [3.8, 4) is 0 Å². The third-order valence-corrected chi connectivity index (χ3v) is 5.43. The molecule has 2 aliphatic rings. The van der Waals surface area contributed by atoms with E-state index in [0.29, 0.717) is 18.6 Å². The quantitative estimate of drug-likeness (QED) is 0.906. The molecule has 0 bridgehead atoms. The molecule has 7 heteroatoms. The Bertz CT molecular complexity index is 730. The molecule has 1 aliphatic carbocycles. The number of hydrogen-bond donors (Lipinski definition) is 1. The molecule has 1 aliphatic heterocycles. The van der Waals surface area contributed by atoms with Gasteiger partial charge >= 0.3 is 0 Å². The number of hydrogen-bond acceptors (Lipinski definition) is 4. The molecule has 1 saturated heterocycles. The molecule has 1 saturated carbocycles. The highest BCUT2D eigenvalue weighted by Gasteiger charge is 2.29. The fourth-order valence-electron chi connectivity index (χ4n) is 4.22. The molecule has 25 heavy (non-hydrogen) atoms. The number of carbonyl (C=O) groups is 1. The number of nitrogens with zero attached hydrogens (tertiary/aromatic N) is 5. The summed E-state index contributed by atoms with van der Waals surface area (Å²) >= 11 is 0. The zero-order valence-electron chi connectivity index (χ0n) is 14.8. The van der Waals surface area contributed by atoms with Gasteiger partial charge in [0, 0.05) is 30.9 Å². The van der Waals surface area contributed by atoms with E-state index in [1.807, 2.05) is 28.7 Å². The molecule has 0 unspecified atom stereocenters. The van der Waals surface area contributed by atoms with Gasteiger partial charge in [-0.1, -0.05) is 12.8 Å². The third-order valence-electron chi connectivity index (χ3n) is 5.43. The summed E-state index contributed by atoms with van der Waals surface area (Å²) in [6.45, 7) is 1.37. The van der Waals surface area contributed by atoms with Crippen LogP contribution in [0.4, 0.5) is 5.82 Å². The summed E-state index contributed by atoms with van der Waals surface area (Å²) in [7, 11) is 1.93. The minimum absolute atomic E-state index is 0.0375. The van der Waals surface area contributed by atoms with Crippen LogP contribution in [-0.2, 0) is 11.8 Å². The van der Waals surface area contributed by atoms with Gasteiger partial charge in [-0.15, -0.1) is 0 Å². The fourth-order valence-corrected chi connectivity index (χ4v) is 4.22. The molecule has 1 amide bonds. The Labute approximate surface area is 148 Å². The van der Waals surface area contributed by atoms with Crippen molar-refractivity contribution in [2.24, 2.45) is 7.05 Å². The standard InChI is InChI=1S/C18H26N6O/c1-22-12-14(11-20-22)16-7-4-10-23(16)13-18(25)21-17-8-9-19-24(17)15-5-2-3-6-15/h8-9,11-12,15-16H,2-7,10,13H2,1H3,(H,21,25)/t16-/m1/s1. The molecule has 1 N–H and O–H groups in total. The van der Waals surface area contributed by atoms with Crippen LogP contribution in [0.15, 0.2) is 24.7 Å². The van der Waals surface area contributed by atoms with E-state index in [1.54, 1.807) is 6.20 Å². The predicted octanol–water partition coefficient (Wildman–Crippen LogP) is 2.51. The van der Waals surface area contributed by atoms with Crippen molar-refractivity contribution in [3.05, 3.63) is 30.2 Å². The van der Waals surface area contributed by atoms with Crippen LogP contribution in [0.3, 0.4) is 0 Å². The molecule has 2 aromatic heterocycles. The molecule has 1 atom stereocenters. The SMILES string of the molecule is Cn1cc([C@H]2CCCN2CC(=O)Nc2ccnn2C2CCCC2)cn1. The van der Waals surface area contributed by atoms with Gasteiger partial charge in [0.05, 0.1) is 25.0 Å². The molecule has 4 rings (SSSR count). The summed E-state index contributed by atoms with van der Waals surface area (Å²) in [5.41, 5.74) is 1.20. The van der Waals surface area contributed by atoms with Crippen LogP contribution in [0.5, 0.6) is 0 Å². The smallest absolute Gasteiger partial charge is 0.239 e. The molecule has 0 radical (unpaired) electrons. The van der Waals surface area contributed by atoms with E-state index >= 15 is 0 Å². The Morgan fingerprint density at radius 3 is 2.84 bits per heavy atom. The lowest BCUT2D eigenvalue weighted by molar-refractivity contribution is -0.117. The lowest BCUT2D eigenvalue weighted by atomic mass is 10.1. The van der Waals surface area contributed by atoms with Crippen LogP contribution < -0.4 is 5.32 Å². The van der Waals surface area contributed by atoms with Gasteiger partial charge in [0.1, 0.15) is 5.82 Å². The number of likely N-dealkylation sites (tertiary alicyclic amines) is 1. The van der Waals surface area contributed by atoms with Crippen molar-refractivity contribution < 1.29 is 4.79 Å². The van der Waals surface area contributed by atoms with Gasteiger partial charge in [-0.3, -0.25) is 14.4 Å². The Morgan fingerprint density at radius 1 is 1.24 bits per heavy atom. The van der Waals surface area contributed by atoms with Crippen molar-refractivity contribution in [1.82, 2.24) is 24.5 Å². The van der Waals surface area contributed by atoms with E-state index in [2.05, 4.69) is 26.6 Å². The first-order valence-electron chi connectivity index (χ1n) is 9.26. The lowest BCUT2D eigenvalue weighted by Crippen LogP contribution is -2.33. The maximum atomic E-state index is 12.6. The number of aromatic nitrogens is 4. The molecular formula is C18H26N6O. The normalized spacial score (nSPS) is 21.9. The van der Waals surface area contributed by atoms with Gasteiger partial charge in [0.15, 0.2) is 0 Å². The fraction of sp³-hybridized carbons (Fsp3) is 0.611. The molecule has 134 valence electrons. The van der Waals surface area contributed by atoms with Crippen LogP contribution in [0.1, 0.15) is 56.2 Å². The van der Waals surface area contributed by atoms with Crippen LogP contribution in [0.2, 0.25) is 0 Å². The summed E-state index contributed by atoms with van der Waals surface area (Å²) < 4.78 is 3.82. The number of carbonyl (C=O) groups excluding carboxylic acids is 1. The van der Waals surface area contributed by atoms with E-state index < -0.39 is 0 Å². The molecule has 2 aromatic rings. The average molecular weight is 342 g/mol. The summed E-state index contributed by atoms with van der Waals surface area (Å²) in [5, 5.41) is 11.8. The Balaban J connectivity index is 1.40. The van der Waals surface area contributed by atoms with Crippen molar-refractivity contribution in [3.63, 3.8) is 0 Å². The van der Waals surface area contributed by atoms with E-state index in [4.69, 9.17) is 0 Å². The van der Waals surface area contributed by atoms with E-state index in [1.165, 1.54) is 18.4 Å². The van der Waals surface area contributed by atoms with Crippen LogP contribution in [0, 0.1) is 0 Å². The molecular weight excluding hydrogens is 316 g/mol. The Kier molecular flexibility index (Phi) is 4.57. The average Bonchev–Trinajstić information content (AvgIpc) is 3.33. The van der Waals surface area contributed by atoms with Crippen molar-refractivity contribution >= 4 is 11.7 Å². The zero-order valence-corrected chi connectivity index (χ0v) is 14.8.